The minimum Gasteiger partial charge on any atom is -0.466 e. The molecule has 0 aliphatic carbocycles. The molecule has 524 valence electrons. The van der Waals surface area contributed by atoms with Crippen LogP contribution in [-0.2, 0) is 14.3 Å². The number of nitrogens with one attached hydrogen (secondary N) is 1. The summed E-state index contributed by atoms with van der Waals surface area (Å²) >= 11 is 0. The normalized spacial score (nSPS) is 12.7. The molecule has 89 heavy (non-hydrogen) atoms. The van der Waals surface area contributed by atoms with Crippen LogP contribution in [0, 0.1) is 0 Å². The zero-order valence-electron chi connectivity index (χ0n) is 60.2. The Morgan fingerprint density at radius 2 is 0.573 bits per heavy atom. The third kappa shape index (κ3) is 74.7. The van der Waals surface area contributed by atoms with E-state index in [2.05, 4.69) is 55.6 Å². The molecule has 0 aromatic heterocycles. The summed E-state index contributed by atoms with van der Waals surface area (Å²) in [5.41, 5.74) is 0. The molecule has 0 heterocycles. The Balaban J connectivity index is 3.39. The molecule has 0 bridgehead atoms. The Kier molecular flexibility index (Phi) is 76.3. The molecule has 6 nitrogen and oxygen atoms in total. The highest BCUT2D eigenvalue weighted by atomic mass is 16.5. The van der Waals surface area contributed by atoms with Gasteiger partial charge in [0.1, 0.15) is 0 Å². The summed E-state index contributed by atoms with van der Waals surface area (Å²) in [5.74, 6) is -0.0527. The van der Waals surface area contributed by atoms with E-state index in [-0.39, 0.29) is 18.5 Å². The number of rotatable bonds is 76. The Bertz CT molecular complexity index is 1490. The van der Waals surface area contributed by atoms with Gasteiger partial charge in [-0.2, -0.15) is 0 Å². The predicted octanol–water partition coefficient (Wildman–Crippen LogP) is 26.8. The average molecular weight is 1250 g/mol. The Morgan fingerprint density at radius 1 is 0.315 bits per heavy atom. The molecule has 1 amide bonds. The van der Waals surface area contributed by atoms with E-state index in [0.29, 0.717) is 19.4 Å². The number of aliphatic hydroxyl groups excluding tert-OH is 2. The van der Waals surface area contributed by atoms with E-state index in [1.807, 2.05) is 6.08 Å². The number of allylic oxidation sites excluding steroid dienone is 7. The molecule has 2 atom stereocenters. The van der Waals surface area contributed by atoms with Crippen LogP contribution in [-0.4, -0.2) is 47.4 Å². The lowest BCUT2D eigenvalue weighted by atomic mass is 10.0. The van der Waals surface area contributed by atoms with Crippen LogP contribution in [0.15, 0.2) is 48.6 Å². The van der Waals surface area contributed by atoms with Crippen LogP contribution in [0.25, 0.3) is 0 Å². The number of carbonyl (C=O) groups is 2. The third-order valence-corrected chi connectivity index (χ3v) is 18.8. The molecular formula is C83H157NO5. The molecule has 0 fully saturated rings. The van der Waals surface area contributed by atoms with Crippen molar-refractivity contribution in [3.63, 3.8) is 0 Å². The van der Waals surface area contributed by atoms with E-state index < -0.39 is 12.1 Å². The number of ether oxygens (including phenoxy) is 1. The summed E-state index contributed by atoms with van der Waals surface area (Å²) in [7, 11) is 0. The summed E-state index contributed by atoms with van der Waals surface area (Å²) in [6.07, 6.45) is 104. The zero-order chi connectivity index (χ0) is 64.2. The predicted molar refractivity (Wildman–Crippen MR) is 393 cm³/mol. The van der Waals surface area contributed by atoms with Gasteiger partial charge in [-0.3, -0.25) is 9.59 Å². The maximum Gasteiger partial charge on any atom is 0.305 e. The van der Waals surface area contributed by atoms with Crippen LogP contribution in [0.5, 0.6) is 0 Å². The quantitative estimate of drug-likeness (QED) is 0.0320. The van der Waals surface area contributed by atoms with Crippen molar-refractivity contribution < 1.29 is 24.5 Å². The molecular weight excluding hydrogens is 1090 g/mol. The van der Waals surface area contributed by atoms with E-state index >= 15 is 0 Å². The van der Waals surface area contributed by atoms with Crippen molar-refractivity contribution >= 4 is 11.9 Å². The minimum absolute atomic E-state index is 0.00775. The maximum atomic E-state index is 12.6. The Labute approximate surface area is 556 Å². The molecule has 0 aromatic carbocycles. The zero-order valence-corrected chi connectivity index (χ0v) is 60.2. The van der Waals surface area contributed by atoms with Crippen LogP contribution in [0.3, 0.4) is 0 Å². The number of aliphatic hydroxyl groups is 2. The first kappa shape index (κ1) is 86.8. The number of hydrogen-bond donors (Lipinski definition) is 3. The number of esters is 1. The van der Waals surface area contributed by atoms with Gasteiger partial charge in [-0.15, -0.1) is 0 Å². The summed E-state index contributed by atoms with van der Waals surface area (Å²) in [5, 5.41) is 23.3. The van der Waals surface area contributed by atoms with Crippen molar-refractivity contribution in [2.75, 3.05) is 13.2 Å². The Morgan fingerprint density at radius 3 is 0.899 bits per heavy atom. The fourth-order valence-corrected chi connectivity index (χ4v) is 12.7. The lowest BCUT2D eigenvalue weighted by Gasteiger charge is -2.20. The largest absolute Gasteiger partial charge is 0.466 e. The van der Waals surface area contributed by atoms with E-state index in [1.54, 1.807) is 6.08 Å². The van der Waals surface area contributed by atoms with Crippen LogP contribution < -0.4 is 5.32 Å². The average Bonchev–Trinajstić information content (AvgIpc) is 3.68. The molecule has 0 aliphatic heterocycles. The van der Waals surface area contributed by atoms with E-state index in [1.165, 1.54) is 366 Å². The second-order valence-electron chi connectivity index (χ2n) is 27.7. The molecule has 2 unspecified atom stereocenters. The lowest BCUT2D eigenvalue weighted by molar-refractivity contribution is -0.143. The van der Waals surface area contributed by atoms with Crippen LogP contribution in [0.2, 0.25) is 0 Å². The summed E-state index contributed by atoms with van der Waals surface area (Å²) < 4.78 is 5.47. The van der Waals surface area contributed by atoms with Gasteiger partial charge in [0, 0.05) is 12.8 Å². The van der Waals surface area contributed by atoms with E-state index in [4.69, 9.17) is 4.74 Å². The fourth-order valence-electron chi connectivity index (χ4n) is 12.7. The van der Waals surface area contributed by atoms with Crippen LogP contribution in [0.1, 0.15) is 444 Å². The number of hydrogen-bond acceptors (Lipinski definition) is 5. The highest BCUT2D eigenvalue weighted by Gasteiger charge is 2.18. The second-order valence-corrected chi connectivity index (χ2v) is 27.7. The summed E-state index contributed by atoms with van der Waals surface area (Å²) in [4.78, 5) is 24.6. The summed E-state index contributed by atoms with van der Waals surface area (Å²) in [6.45, 7) is 4.91. The van der Waals surface area contributed by atoms with Gasteiger partial charge < -0.3 is 20.3 Å². The van der Waals surface area contributed by atoms with Gasteiger partial charge in [-0.25, -0.2) is 0 Å². The molecule has 0 aliphatic rings. The number of amides is 1. The van der Waals surface area contributed by atoms with Gasteiger partial charge in [0.25, 0.3) is 0 Å². The monoisotopic (exact) mass is 1250 g/mol. The van der Waals surface area contributed by atoms with Gasteiger partial charge in [0.05, 0.1) is 25.4 Å². The van der Waals surface area contributed by atoms with Crippen molar-refractivity contribution in [2.45, 2.75) is 456 Å². The first-order chi connectivity index (χ1) is 44.0. The van der Waals surface area contributed by atoms with Gasteiger partial charge in [-0.05, 0) is 83.5 Å². The minimum atomic E-state index is -0.845. The van der Waals surface area contributed by atoms with Crippen molar-refractivity contribution in [3.8, 4) is 0 Å². The highest BCUT2D eigenvalue weighted by Crippen LogP contribution is 2.20. The molecule has 6 heteroatoms. The van der Waals surface area contributed by atoms with Gasteiger partial charge in [0.15, 0.2) is 0 Å². The van der Waals surface area contributed by atoms with Crippen LogP contribution in [0.4, 0.5) is 0 Å². The maximum absolute atomic E-state index is 12.6. The van der Waals surface area contributed by atoms with E-state index in [9.17, 15) is 19.8 Å². The third-order valence-electron chi connectivity index (χ3n) is 18.8. The lowest BCUT2D eigenvalue weighted by Crippen LogP contribution is -2.45. The number of carbonyl (C=O) groups excluding carboxylic acids is 2. The standard InChI is InChI=1S/C83H157NO5/c1-3-5-7-9-11-13-15-16-17-18-19-20-21-37-40-43-46-49-52-56-59-63-67-71-75-81(86)80(79-85)84-82(87)76-72-68-64-60-57-53-50-47-44-41-38-35-33-31-29-27-25-23-22-24-26-28-30-32-34-36-39-42-45-48-51-54-58-62-66-70-74-78-89-83(88)77-73-69-65-61-55-14-12-10-8-6-4-2/h10,12,22,24,28,30,71,75,80-81,85-86H,3-9,11,13-21,23,25-27,29,31-70,72-74,76-79H2,1-2H3,(H,84,87)/b12-10-,24-22-,30-28-,75-71+. The molecule has 0 saturated carbocycles. The molecule has 0 aromatic rings. The van der Waals surface area contributed by atoms with Crippen molar-refractivity contribution in [2.24, 2.45) is 0 Å². The van der Waals surface area contributed by atoms with Crippen molar-refractivity contribution in [3.05, 3.63) is 48.6 Å². The topological polar surface area (TPSA) is 95.9 Å². The molecule has 0 rings (SSSR count). The summed E-state index contributed by atoms with van der Waals surface area (Å²) in [6, 6.07) is -0.628. The smallest absolute Gasteiger partial charge is 0.305 e. The molecule has 3 N–H and O–H groups in total. The second kappa shape index (κ2) is 78.3. The molecule has 0 spiro atoms. The van der Waals surface area contributed by atoms with Crippen molar-refractivity contribution in [1.82, 2.24) is 5.32 Å². The van der Waals surface area contributed by atoms with Gasteiger partial charge in [-0.1, -0.05) is 396 Å². The van der Waals surface area contributed by atoms with Crippen LogP contribution >= 0.6 is 0 Å². The molecule has 0 saturated heterocycles. The van der Waals surface area contributed by atoms with Gasteiger partial charge >= 0.3 is 5.97 Å². The van der Waals surface area contributed by atoms with Crippen molar-refractivity contribution in [1.29, 1.82) is 0 Å². The molecule has 0 radical (unpaired) electrons. The van der Waals surface area contributed by atoms with E-state index in [0.717, 1.165) is 51.4 Å². The Hall–Kier alpha value is -2.18. The highest BCUT2D eigenvalue weighted by molar-refractivity contribution is 5.76. The van der Waals surface area contributed by atoms with Gasteiger partial charge in [0.2, 0.25) is 5.91 Å². The number of unbranched alkanes of at least 4 members (excludes halogenated alkanes) is 59. The fraction of sp³-hybridized carbons (Fsp3) is 0.880. The first-order valence-electron chi connectivity index (χ1n) is 40.4. The SMILES string of the molecule is CCCC/C=C\CCCCCCCC(=O)OCCCCCCCCCCCCCCC/C=C\C/C=C\CCCCCCCCCCCCCCCCCCCC(=O)NC(CO)C(O)/C=C/CCCCCCCCCCCCCCCCCCCCCCCC. The first-order valence-corrected chi connectivity index (χ1v) is 40.4.